The van der Waals surface area contributed by atoms with Gasteiger partial charge in [0.15, 0.2) is 0 Å². The van der Waals surface area contributed by atoms with Crippen molar-refractivity contribution in [1.29, 1.82) is 0 Å². The molecule has 9 heteroatoms. The first-order valence-electron chi connectivity index (χ1n) is 9.18. The summed E-state index contributed by atoms with van der Waals surface area (Å²) in [5.74, 6) is -1.38. The van der Waals surface area contributed by atoms with Gasteiger partial charge in [-0.1, -0.05) is 32.0 Å². The Bertz CT molecular complexity index is 938. The van der Waals surface area contributed by atoms with Crippen molar-refractivity contribution < 1.29 is 28.1 Å². The molecule has 1 aromatic carbocycles. The average Bonchev–Trinajstić information content (AvgIpc) is 2.66. The van der Waals surface area contributed by atoms with E-state index in [9.17, 15) is 19.2 Å². The zero-order chi connectivity index (χ0) is 21.4. The molecule has 0 aliphatic carbocycles. The number of esters is 1. The number of para-hydroxylation sites is 1. The van der Waals surface area contributed by atoms with E-state index in [1.807, 2.05) is 13.8 Å². The lowest BCUT2D eigenvalue weighted by atomic mass is 10.0. The molecule has 2 aromatic rings. The smallest absolute Gasteiger partial charge is 0.336 e. The lowest BCUT2D eigenvalue weighted by molar-refractivity contribution is -0.147. The van der Waals surface area contributed by atoms with Crippen molar-refractivity contribution in [2.75, 3.05) is 6.54 Å². The lowest BCUT2D eigenvalue weighted by Crippen LogP contribution is -2.31. The quantitative estimate of drug-likeness (QED) is 0.376. The Labute approximate surface area is 169 Å². The predicted molar refractivity (Wildman–Crippen MR) is 109 cm³/mol. The van der Waals surface area contributed by atoms with Gasteiger partial charge in [-0.15, -0.1) is 0 Å². The first-order chi connectivity index (χ1) is 13.8. The molecule has 2 unspecified atom stereocenters. The molecule has 0 spiro atoms. The molecule has 29 heavy (non-hydrogen) atoms. The van der Waals surface area contributed by atoms with Crippen LogP contribution >= 0.6 is 8.81 Å². The number of nitrogens with one attached hydrogen (secondary N) is 1. The minimum absolute atomic E-state index is 0.0400. The van der Waals surface area contributed by atoms with E-state index in [-0.39, 0.29) is 39.8 Å². The van der Waals surface area contributed by atoms with Crippen LogP contribution < -0.4 is 10.9 Å². The molecule has 0 bridgehead atoms. The zero-order valence-electron chi connectivity index (χ0n) is 16.5. The SMILES string of the molecule is CC(=O)OC(CNC(=O)CCC(=O)OPC(C)C)c1cc(=O)oc2ccccc12. The third-order valence-electron chi connectivity index (χ3n) is 3.79. The van der Waals surface area contributed by atoms with Gasteiger partial charge in [-0.2, -0.15) is 0 Å². The summed E-state index contributed by atoms with van der Waals surface area (Å²) in [5.41, 5.74) is 0.448. The molecule has 1 aromatic heterocycles. The van der Waals surface area contributed by atoms with E-state index in [0.29, 0.717) is 16.5 Å². The largest absolute Gasteiger partial charge is 0.456 e. The second kappa shape index (κ2) is 10.7. The molecule has 0 radical (unpaired) electrons. The van der Waals surface area contributed by atoms with Gasteiger partial charge in [0.2, 0.25) is 5.91 Å². The highest BCUT2D eigenvalue weighted by atomic mass is 31.1. The summed E-state index contributed by atoms with van der Waals surface area (Å²) in [4.78, 5) is 47.1. The molecule has 1 N–H and O–H groups in total. The predicted octanol–water partition coefficient (Wildman–Crippen LogP) is 2.84. The van der Waals surface area contributed by atoms with Crippen molar-refractivity contribution in [1.82, 2.24) is 5.32 Å². The van der Waals surface area contributed by atoms with Crippen molar-refractivity contribution in [2.45, 2.75) is 45.4 Å². The van der Waals surface area contributed by atoms with Crippen LogP contribution in [0.5, 0.6) is 0 Å². The van der Waals surface area contributed by atoms with Crippen molar-refractivity contribution in [3.63, 3.8) is 0 Å². The minimum atomic E-state index is -0.875. The van der Waals surface area contributed by atoms with Gasteiger partial charge in [-0.25, -0.2) is 4.79 Å². The lowest BCUT2D eigenvalue weighted by Gasteiger charge is -2.19. The van der Waals surface area contributed by atoms with Crippen LogP contribution in [0.15, 0.2) is 39.5 Å². The van der Waals surface area contributed by atoms with Gasteiger partial charge >= 0.3 is 17.6 Å². The van der Waals surface area contributed by atoms with Crippen molar-refractivity contribution in [2.24, 2.45) is 0 Å². The van der Waals surface area contributed by atoms with E-state index < -0.39 is 23.7 Å². The van der Waals surface area contributed by atoms with Crippen LogP contribution in [-0.4, -0.2) is 30.0 Å². The summed E-state index contributed by atoms with van der Waals surface area (Å²) in [6.07, 6.45) is -0.965. The number of hydrogen-bond donors (Lipinski definition) is 1. The number of rotatable bonds is 9. The summed E-state index contributed by atoms with van der Waals surface area (Å²) in [7, 11) is 0.0594. The number of carbonyl (C=O) groups excluding carboxylic acids is 3. The van der Waals surface area contributed by atoms with E-state index >= 15 is 0 Å². The molecule has 1 heterocycles. The van der Waals surface area contributed by atoms with Gasteiger partial charge in [0.05, 0.1) is 21.8 Å². The fourth-order valence-electron chi connectivity index (χ4n) is 2.56. The third-order valence-corrected chi connectivity index (χ3v) is 4.60. The second-order valence-electron chi connectivity index (χ2n) is 6.67. The molecule has 1 amide bonds. The Hall–Kier alpha value is -2.73. The molecular formula is C20H24NO7P. The maximum absolute atomic E-state index is 12.1. The van der Waals surface area contributed by atoms with E-state index in [0.717, 1.165) is 0 Å². The van der Waals surface area contributed by atoms with Gasteiger partial charge in [0, 0.05) is 36.0 Å². The number of carbonyl (C=O) groups is 3. The van der Waals surface area contributed by atoms with Crippen LogP contribution in [0.25, 0.3) is 11.0 Å². The molecule has 0 saturated carbocycles. The molecule has 0 aliphatic heterocycles. The Balaban J connectivity index is 2.05. The summed E-state index contributed by atoms with van der Waals surface area (Å²) >= 11 is 0. The van der Waals surface area contributed by atoms with E-state index in [2.05, 4.69) is 5.32 Å². The molecular weight excluding hydrogens is 397 g/mol. The van der Waals surface area contributed by atoms with Crippen molar-refractivity contribution in [3.05, 3.63) is 46.3 Å². The Kier molecular flexibility index (Phi) is 8.34. The monoisotopic (exact) mass is 421 g/mol. The average molecular weight is 421 g/mol. The maximum atomic E-state index is 12.1. The number of ether oxygens (including phenoxy) is 1. The van der Waals surface area contributed by atoms with Crippen LogP contribution in [-0.2, 0) is 23.6 Å². The standard InChI is InChI=1S/C20H24NO7P/c1-12(2)29-28-19(24)9-8-18(23)21-11-17(26-13(3)22)15-10-20(25)27-16-7-5-4-6-14(15)16/h4-7,10,12,17,29H,8-9,11H2,1-3H3,(H,21,23). The fraction of sp³-hybridized carbons (Fsp3) is 0.400. The maximum Gasteiger partial charge on any atom is 0.336 e. The van der Waals surface area contributed by atoms with Crippen LogP contribution in [0.1, 0.15) is 45.3 Å². The van der Waals surface area contributed by atoms with Crippen LogP contribution in [0, 0.1) is 0 Å². The molecule has 0 fully saturated rings. The molecule has 2 rings (SSSR count). The Morgan fingerprint density at radius 1 is 1.17 bits per heavy atom. The van der Waals surface area contributed by atoms with Gasteiger partial charge in [-0.3, -0.25) is 14.4 Å². The van der Waals surface area contributed by atoms with Gasteiger partial charge < -0.3 is 19.0 Å². The van der Waals surface area contributed by atoms with Gasteiger partial charge in [0.1, 0.15) is 11.7 Å². The van der Waals surface area contributed by atoms with Gasteiger partial charge in [-0.05, 0) is 6.07 Å². The fourth-order valence-corrected chi connectivity index (χ4v) is 3.03. The summed E-state index contributed by atoms with van der Waals surface area (Å²) < 4.78 is 15.5. The minimum Gasteiger partial charge on any atom is -0.456 e. The number of benzene rings is 1. The molecule has 2 atom stereocenters. The number of fused-ring (bicyclic) bond motifs is 1. The molecule has 0 aliphatic rings. The van der Waals surface area contributed by atoms with Crippen molar-refractivity contribution in [3.8, 4) is 0 Å². The Morgan fingerprint density at radius 3 is 2.59 bits per heavy atom. The second-order valence-corrected chi connectivity index (χ2v) is 8.26. The molecule has 8 nitrogen and oxygen atoms in total. The normalized spacial score (nSPS) is 12.3. The summed E-state index contributed by atoms with van der Waals surface area (Å²) in [6, 6.07) is 8.09. The summed E-state index contributed by atoms with van der Waals surface area (Å²) in [6.45, 7) is 5.06. The van der Waals surface area contributed by atoms with Gasteiger partial charge in [0.25, 0.3) is 0 Å². The molecule has 156 valence electrons. The highest BCUT2D eigenvalue weighted by Crippen LogP contribution is 2.25. The number of amides is 1. The summed E-state index contributed by atoms with van der Waals surface area (Å²) in [5, 5.41) is 3.24. The molecule has 0 saturated heterocycles. The number of hydrogen-bond acceptors (Lipinski definition) is 7. The third kappa shape index (κ3) is 7.31. The van der Waals surface area contributed by atoms with Crippen molar-refractivity contribution >= 4 is 37.6 Å². The zero-order valence-corrected chi connectivity index (χ0v) is 17.5. The first kappa shape index (κ1) is 22.6. The Morgan fingerprint density at radius 2 is 1.90 bits per heavy atom. The van der Waals surface area contributed by atoms with Crippen LogP contribution in [0.4, 0.5) is 0 Å². The first-order valence-corrected chi connectivity index (χ1v) is 10.2. The van der Waals surface area contributed by atoms with E-state index in [4.69, 9.17) is 13.7 Å². The van der Waals surface area contributed by atoms with E-state index in [1.54, 1.807) is 24.3 Å². The van der Waals surface area contributed by atoms with Crippen LogP contribution in [0.2, 0.25) is 0 Å². The topological polar surface area (TPSA) is 112 Å². The van der Waals surface area contributed by atoms with E-state index in [1.165, 1.54) is 13.0 Å². The van der Waals surface area contributed by atoms with Crippen LogP contribution in [0.3, 0.4) is 0 Å². The highest BCUT2D eigenvalue weighted by Gasteiger charge is 2.20. The highest BCUT2D eigenvalue weighted by molar-refractivity contribution is 7.33.